The first-order valence-corrected chi connectivity index (χ1v) is 12.1. The molecule has 0 bridgehead atoms. The Morgan fingerprint density at radius 3 is 2.20 bits per heavy atom. The molecule has 1 saturated heterocycles. The van der Waals surface area contributed by atoms with Crippen molar-refractivity contribution in [3.05, 3.63) is 70.1 Å². The van der Waals surface area contributed by atoms with E-state index in [1.54, 1.807) is 18.2 Å². The molecule has 156 valence electrons. The van der Waals surface area contributed by atoms with E-state index in [0.29, 0.717) is 9.23 Å². The van der Waals surface area contributed by atoms with Gasteiger partial charge in [0.1, 0.15) is 4.32 Å². The van der Waals surface area contributed by atoms with E-state index in [0.717, 1.165) is 16.7 Å². The number of sulfone groups is 1. The average molecular weight is 460 g/mol. The van der Waals surface area contributed by atoms with Crippen LogP contribution in [0.2, 0.25) is 0 Å². The molecular formula is C22H21NO4S3. The quantitative estimate of drug-likeness (QED) is 0.474. The van der Waals surface area contributed by atoms with Crippen LogP contribution >= 0.6 is 24.0 Å². The Morgan fingerprint density at radius 2 is 1.60 bits per heavy atom. The minimum atomic E-state index is -4.03. The summed E-state index contributed by atoms with van der Waals surface area (Å²) in [5, 5.41) is -0.855. The van der Waals surface area contributed by atoms with Gasteiger partial charge in [-0.3, -0.25) is 14.5 Å². The normalized spacial score (nSPS) is 15.8. The van der Waals surface area contributed by atoms with Crippen LogP contribution in [0.15, 0.2) is 58.3 Å². The highest BCUT2D eigenvalue weighted by molar-refractivity contribution is 8.26. The van der Waals surface area contributed by atoms with Crippen molar-refractivity contribution < 1.29 is 18.0 Å². The van der Waals surface area contributed by atoms with E-state index in [2.05, 4.69) is 0 Å². The van der Waals surface area contributed by atoms with E-state index in [-0.39, 0.29) is 30.2 Å². The lowest BCUT2D eigenvalue weighted by atomic mass is 10.1. The summed E-state index contributed by atoms with van der Waals surface area (Å²) in [6.45, 7) is 4.03. The molecule has 0 N–H and O–H groups in total. The highest BCUT2D eigenvalue weighted by atomic mass is 32.2. The lowest BCUT2D eigenvalue weighted by Crippen LogP contribution is -2.29. The van der Waals surface area contributed by atoms with Crippen LogP contribution in [-0.2, 0) is 19.4 Å². The summed E-state index contributed by atoms with van der Waals surface area (Å²) < 4.78 is 25.2. The van der Waals surface area contributed by atoms with Gasteiger partial charge in [-0.15, -0.1) is 0 Å². The lowest BCUT2D eigenvalue weighted by molar-refractivity contribution is -0.122. The van der Waals surface area contributed by atoms with Gasteiger partial charge in [0, 0.05) is 13.0 Å². The Hall–Kier alpha value is -2.29. The highest BCUT2D eigenvalue weighted by Gasteiger charge is 2.32. The van der Waals surface area contributed by atoms with Crippen LogP contribution in [0.1, 0.15) is 29.5 Å². The summed E-state index contributed by atoms with van der Waals surface area (Å²) in [5.74, 6) is -0.223. The minimum absolute atomic E-state index is 0.00950. The molecule has 1 heterocycles. The molecule has 1 aliphatic rings. The van der Waals surface area contributed by atoms with Crippen molar-refractivity contribution in [3.8, 4) is 0 Å². The number of thioether (sulfide) groups is 1. The smallest absolute Gasteiger partial charge is 0.266 e. The second kappa shape index (κ2) is 9.24. The van der Waals surface area contributed by atoms with E-state index in [9.17, 15) is 18.0 Å². The Morgan fingerprint density at radius 1 is 1.03 bits per heavy atom. The number of carbonyl (C=O) groups is 2. The van der Waals surface area contributed by atoms with E-state index in [1.165, 1.54) is 28.8 Å². The fraction of sp³-hybridized carbons (Fsp3) is 0.227. The molecule has 0 atom stereocenters. The van der Waals surface area contributed by atoms with Gasteiger partial charge in [0.2, 0.25) is 9.84 Å². The van der Waals surface area contributed by atoms with Crippen LogP contribution in [0, 0.1) is 13.8 Å². The van der Waals surface area contributed by atoms with Crippen molar-refractivity contribution in [2.24, 2.45) is 0 Å². The van der Waals surface area contributed by atoms with Crippen molar-refractivity contribution in [2.75, 3.05) is 6.54 Å². The molecule has 0 spiro atoms. The molecule has 30 heavy (non-hydrogen) atoms. The molecule has 2 aromatic rings. The molecule has 8 heteroatoms. The molecule has 1 aliphatic heterocycles. The van der Waals surface area contributed by atoms with Crippen molar-refractivity contribution >= 4 is 55.2 Å². The number of nitrogens with zero attached hydrogens (tertiary/aromatic N) is 1. The second-order valence-electron chi connectivity index (χ2n) is 7.04. The summed E-state index contributed by atoms with van der Waals surface area (Å²) >= 11 is 6.51. The van der Waals surface area contributed by atoms with Crippen LogP contribution in [0.25, 0.3) is 6.08 Å². The van der Waals surface area contributed by atoms with Crippen molar-refractivity contribution in [3.63, 3.8) is 0 Å². The summed E-state index contributed by atoms with van der Waals surface area (Å²) in [5.41, 5.74) is 2.94. The molecule has 1 fully saturated rings. The van der Waals surface area contributed by atoms with E-state index in [1.807, 2.05) is 38.1 Å². The van der Waals surface area contributed by atoms with Crippen LogP contribution in [0.5, 0.6) is 0 Å². The van der Waals surface area contributed by atoms with Gasteiger partial charge in [0.15, 0.2) is 0 Å². The molecule has 0 aromatic heterocycles. The molecule has 0 radical (unpaired) electrons. The van der Waals surface area contributed by atoms with E-state index < -0.39 is 15.0 Å². The van der Waals surface area contributed by atoms with Crippen LogP contribution in [0.4, 0.5) is 0 Å². The molecular weight excluding hydrogens is 438 g/mol. The van der Waals surface area contributed by atoms with Crippen molar-refractivity contribution in [1.29, 1.82) is 0 Å². The zero-order valence-corrected chi connectivity index (χ0v) is 19.1. The lowest BCUT2D eigenvalue weighted by Gasteiger charge is -2.13. The van der Waals surface area contributed by atoms with E-state index in [4.69, 9.17) is 12.2 Å². The predicted octanol–water partition coefficient (Wildman–Crippen LogP) is 4.29. The molecule has 3 rings (SSSR count). The van der Waals surface area contributed by atoms with Gasteiger partial charge < -0.3 is 0 Å². The topological polar surface area (TPSA) is 71.5 Å². The summed E-state index contributed by atoms with van der Waals surface area (Å²) in [4.78, 5) is 26.9. The number of hydrogen-bond donors (Lipinski definition) is 0. The largest absolute Gasteiger partial charge is 0.293 e. The maximum absolute atomic E-state index is 12.7. The van der Waals surface area contributed by atoms with Gasteiger partial charge in [0.05, 0.1) is 9.80 Å². The van der Waals surface area contributed by atoms with E-state index >= 15 is 0 Å². The van der Waals surface area contributed by atoms with Crippen LogP contribution in [0.3, 0.4) is 0 Å². The van der Waals surface area contributed by atoms with Gasteiger partial charge >= 0.3 is 0 Å². The third-order valence-corrected chi connectivity index (χ3v) is 7.72. The zero-order valence-electron chi connectivity index (χ0n) is 16.6. The molecule has 0 unspecified atom stereocenters. The average Bonchev–Trinajstić information content (AvgIpc) is 2.97. The first-order chi connectivity index (χ1) is 14.2. The molecule has 0 saturated carbocycles. The number of rotatable bonds is 6. The second-order valence-corrected chi connectivity index (χ2v) is 10.6. The first kappa shape index (κ1) is 22.4. The predicted molar refractivity (Wildman–Crippen MR) is 124 cm³/mol. The standard InChI is InChI=1S/C22H21NO4S3/c1-15-5-9-17(10-6-15)14-19-21(25)23(22(28)29-19)13-3-4-20(24)30(26,27)18-11-7-16(2)8-12-18/h5-12,14H,3-4,13H2,1-2H3/b19-14-. The molecule has 0 aliphatic carbocycles. The maximum atomic E-state index is 12.7. The van der Waals surface area contributed by atoms with Gasteiger partial charge in [-0.25, -0.2) is 8.42 Å². The Kier molecular flexibility index (Phi) is 6.90. The van der Waals surface area contributed by atoms with Gasteiger partial charge in [-0.1, -0.05) is 71.5 Å². The number of thiocarbonyl (C=S) groups is 1. The Labute approximate surface area is 186 Å². The monoisotopic (exact) mass is 459 g/mol. The number of carbonyl (C=O) groups excluding carboxylic acids is 2. The van der Waals surface area contributed by atoms with Crippen molar-refractivity contribution in [1.82, 2.24) is 4.90 Å². The summed E-state index contributed by atoms with van der Waals surface area (Å²) in [7, 11) is -4.03. The summed E-state index contributed by atoms with van der Waals surface area (Å²) in [6.07, 6.45) is 1.82. The fourth-order valence-corrected chi connectivity index (χ4v) is 5.35. The number of amides is 1. The fourth-order valence-electron chi connectivity index (χ4n) is 2.87. The number of hydrogen-bond acceptors (Lipinski definition) is 6. The number of benzene rings is 2. The highest BCUT2D eigenvalue weighted by Crippen LogP contribution is 2.32. The van der Waals surface area contributed by atoms with Crippen LogP contribution < -0.4 is 0 Å². The zero-order chi connectivity index (χ0) is 21.9. The third-order valence-electron chi connectivity index (χ3n) is 4.64. The van der Waals surface area contributed by atoms with Gasteiger partial charge in [-0.05, 0) is 44.0 Å². The van der Waals surface area contributed by atoms with Crippen LogP contribution in [-0.4, -0.2) is 35.2 Å². The summed E-state index contributed by atoms with van der Waals surface area (Å²) in [6, 6.07) is 14.0. The number of aryl methyl sites for hydroxylation is 2. The Bertz CT molecular complexity index is 1120. The maximum Gasteiger partial charge on any atom is 0.266 e. The molecule has 1 amide bonds. The molecule has 2 aromatic carbocycles. The van der Waals surface area contributed by atoms with Gasteiger partial charge in [-0.2, -0.15) is 0 Å². The first-order valence-electron chi connectivity index (χ1n) is 9.35. The minimum Gasteiger partial charge on any atom is -0.293 e. The van der Waals surface area contributed by atoms with Gasteiger partial charge in [0.25, 0.3) is 11.0 Å². The molecule has 5 nitrogen and oxygen atoms in total. The SMILES string of the molecule is Cc1ccc(/C=C2\SC(=S)N(CCCC(=O)S(=O)(=O)c3ccc(C)cc3)C2=O)cc1. The van der Waals surface area contributed by atoms with Crippen molar-refractivity contribution in [2.45, 2.75) is 31.6 Å². The Balaban J connectivity index is 1.61. The third kappa shape index (κ3) is 5.06.